The van der Waals surface area contributed by atoms with E-state index in [9.17, 15) is 18.8 Å². The van der Waals surface area contributed by atoms with Gasteiger partial charge in [0.05, 0.1) is 13.0 Å². The number of carbonyl (C=O) groups is 1. The van der Waals surface area contributed by atoms with Gasteiger partial charge in [-0.3, -0.25) is 9.36 Å². The van der Waals surface area contributed by atoms with Crippen molar-refractivity contribution in [2.24, 2.45) is 0 Å². The molecule has 0 unspecified atom stereocenters. The minimum Gasteiger partial charge on any atom is -0.481 e. The molecule has 2 aromatic carbocycles. The Morgan fingerprint density at radius 1 is 1.08 bits per heavy atom. The van der Waals surface area contributed by atoms with Crippen molar-refractivity contribution >= 4 is 29.2 Å². The number of benzene rings is 2. The first-order valence-corrected chi connectivity index (χ1v) is 11.3. The van der Waals surface area contributed by atoms with E-state index in [1.165, 1.54) is 28.8 Å². The second-order valence-corrected chi connectivity index (χ2v) is 8.32. The van der Waals surface area contributed by atoms with Gasteiger partial charge in [0.15, 0.2) is 16.7 Å². The fourth-order valence-corrected chi connectivity index (χ4v) is 3.40. The fraction of sp³-hybridized carbons (Fsp3) is 0.167. The molecule has 37 heavy (non-hydrogen) atoms. The van der Waals surface area contributed by atoms with Gasteiger partial charge in [0, 0.05) is 24.4 Å². The topological polar surface area (TPSA) is 141 Å². The lowest BCUT2D eigenvalue weighted by molar-refractivity contribution is -0.137. The molecular formula is C24H20ClFN6O5. The molecule has 0 spiro atoms. The number of hydrogen-bond donors (Lipinski definition) is 2. The van der Waals surface area contributed by atoms with Gasteiger partial charge in [-0.15, -0.1) is 10.2 Å². The van der Waals surface area contributed by atoms with Gasteiger partial charge in [-0.1, -0.05) is 41.4 Å². The highest BCUT2D eigenvalue weighted by molar-refractivity contribution is 6.29. The first-order chi connectivity index (χ1) is 17.7. The Balaban J connectivity index is 1.67. The number of halogens is 2. The second-order valence-electron chi connectivity index (χ2n) is 7.93. The predicted octanol–water partition coefficient (Wildman–Crippen LogP) is 3.35. The second kappa shape index (κ2) is 11.0. The van der Waals surface area contributed by atoms with E-state index >= 15 is 0 Å². The van der Waals surface area contributed by atoms with Crippen LogP contribution in [-0.4, -0.2) is 35.4 Å². The molecule has 0 aliphatic rings. The number of hydrogen-bond acceptors (Lipinski definition) is 8. The highest BCUT2D eigenvalue weighted by Crippen LogP contribution is 2.26. The van der Waals surface area contributed by atoms with Crippen LogP contribution >= 0.6 is 11.6 Å². The summed E-state index contributed by atoms with van der Waals surface area (Å²) in [5, 5.41) is 19.3. The van der Waals surface area contributed by atoms with Gasteiger partial charge in [-0.25, -0.2) is 18.5 Å². The summed E-state index contributed by atoms with van der Waals surface area (Å²) in [6.07, 6.45) is -0.432. The molecule has 0 aliphatic carbocycles. The highest BCUT2D eigenvalue weighted by atomic mass is 35.5. The molecule has 2 N–H and O–H groups in total. The molecule has 4 aromatic rings. The molecule has 0 bridgehead atoms. The van der Waals surface area contributed by atoms with E-state index in [1.807, 2.05) is 31.2 Å². The maximum atomic E-state index is 14.8. The molecule has 11 nitrogen and oxygen atoms in total. The van der Waals surface area contributed by atoms with Crippen LogP contribution < -0.4 is 21.4 Å². The lowest BCUT2D eigenvalue weighted by atomic mass is 10.1. The van der Waals surface area contributed by atoms with Crippen LogP contribution in [0.25, 0.3) is 0 Å². The van der Waals surface area contributed by atoms with E-state index in [-0.39, 0.29) is 41.5 Å². The fourth-order valence-electron chi connectivity index (χ4n) is 3.30. The number of aliphatic carboxylic acids is 1. The Bertz CT molecular complexity index is 1550. The van der Waals surface area contributed by atoms with E-state index in [2.05, 4.69) is 20.5 Å². The zero-order chi connectivity index (χ0) is 26.5. The third-order valence-electron chi connectivity index (χ3n) is 5.17. The quantitative estimate of drug-likeness (QED) is 0.336. The van der Waals surface area contributed by atoms with Crippen molar-refractivity contribution in [3.63, 3.8) is 0 Å². The smallest absolute Gasteiger partial charge is 0.354 e. The van der Waals surface area contributed by atoms with Gasteiger partial charge in [-0.2, -0.15) is 4.98 Å². The van der Waals surface area contributed by atoms with Crippen LogP contribution in [0, 0.1) is 12.7 Å². The van der Waals surface area contributed by atoms with Crippen molar-refractivity contribution in [3.05, 3.63) is 97.7 Å². The number of aromatic nitrogens is 5. The minimum absolute atomic E-state index is 0.0285. The summed E-state index contributed by atoms with van der Waals surface area (Å²) in [7, 11) is 0. The van der Waals surface area contributed by atoms with Gasteiger partial charge in [-0.05, 0) is 30.7 Å². The maximum absolute atomic E-state index is 14.8. The van der Waals surface area contributed by atoms with Crippen molar-refractivity contribution in [1.82, 2.24) is 24.3 Å². The maximum Gasteiger partial charge on any atom is 0.354 e. The van der Waals surface area contributed by atoms with Gasteiger partial charge in [0.25, 0.3) is 0 Å². The van der Waals surface area contributed by atoms with Crippen molar-refractivity contribution < 1.29 is 19.0 Å². The monoisotopic (exact) mass is 526 g/mol. The standard InChI is InChI=1S/C24H20ClFN6O5/c1-14-2-4-15(5-3-14)13-32-22(28-23(35)31(24(32)36)11-10-21(33)34)27-16-6-7-18(17(26)12-16)37-20-9-8-19(25)29-30-20/h2-9,12H,10-11,13H2,1H3,(H,33,34)(H,27,28,35). The molecule has 2 heterocycles. The summed E-state index contributed by atoms with van der Waals surface area (Å²) in [6, 6.07) is 14.1. The normalized spacial score (nSPS) is 10.8. The van der Waals surface area contributed by atoms with E-state index < -0.39 is 29.6 Å². The third kappa shape index (κ3) is 6.35. The van der Waals surface area contributed by atoms with E-state index in [0.29, 0.717) is 0 Å². The molecule has 13 heteroatoms. The number of nitrogens with one attached hydrogen (secondary N) is 1. The first kappa shape index (κ1) is 25.5. The van der Waals surface area contributed by atoms with Crippen LogP contribution in [0.5, 0.6) is 11.6 Å². The Morgan fingerprint density at radius 3 is 2.49 bits per heavy atom. The molecule has 0 amide bonds. The highest BCUT2D eigenvalue weighted by Gasteiger charge is 2.16. The zero-order valence-corrected chi connectivity index (χ0v) is 20.1. The molecule has 0 saturated heterocycles. The SMILES string of the molecule is Cc1ccc(Cn2c(Nc3ccc(Oc4ccc(Cl)nn4)c(F)c3)nc(=O)n(CCC(=O)O)c2=O)cc1. The number of carboxylic acids is 1. The number of anilines is 2. The molecular weight excluding hydrogens is 507 g/mol. The van der Waals surface area contributed by atoms with Crippen LogP contribution in [-0.2, 0) is 17.9 Å². The lowest BCUT2D eigenvalue weighted by Gasteiger charge is -2.16. The van der Waals surface area contributed by atoms with Crippen LogP contribution in [0.2, 0.25) is 5.15 Å². The van der Waals surface area contributed by atoms with Crippen molar-refractivity contribution in [2.45, 2.75) is 26.4 Å². The number of rotatable bonds is 9. The molecule has 0 radical (unpaired) electrons. The van der Waals surface area contributed by atoms with Gasteiger partial charge in [0.1, 0.15) is 0 Å². The van der Waals surface area contributed by atoms with Crippen LogP contribution in [0.15, 0.2) is 64.2 Å². The molecule has 0 fully saturated rings. The Morgan fingerprint density at radius 2 is 1.84 bits per heavy atom. The Labute approximate surface area is 213 Å². The van der Waals surface area contributed by atoms with Crippen molar-refractivity contribution in [2.75, 3.05) is 5.32 Å². The Kier molecular flexibility index (Phi) is 7.58. The average molecular weight is 527 g/mol. The summed E-state index contributed by atoms with van der Waals surface area (Å²) in [5.74, 6) is -2.18. The lowest BCUT2D eigenvalue weighted by Crippen LogP contribution is -2.43. The summed E-state index contributed by atoms with van der Waals surface area (Å²) in [4.78, 5) is 40.6. The van der Waals surface area contributed by atoms with Crippen LogP contribution in [0.1, 0.15) is 17.5 Å². The molecule has 190 valence electrons. The van der Waals surface area contributed by atoms with Gasteiger partial charge < -0.3 is 15.2 Å². The summed E-state index contributed by atoms with van der Waals surface area (Å²) >= 11 is 5.69. The number of ether oxygens (including phenoxy) is 1. The Hall–Kier alpha value is -4.58. The van der Waals surface area contributed by atoms with Crippen LogP contribution in [0.4, 0.5) is 16.0 Å². The molecule has 2 aromatic heterocycles. The predicted molar refractivity (Wildman–Crippen MR) is 132 cm³/mol. The molecule has 0 atom stereocenters. The molecule has 0 aliphatic heterocycles. The van der Waals surface area contributed by atoms with Crippen molar-refractivity contribution in [3.8, 4) is 11.6 Å². The van der Waals surface area contributed by atoms with E-state index in [0.717, 1.165) is 21.8 Å². The number of carboxylic acid groups (broad SMARTS) is 1. The average Bonchev–Trinajstić information content (AvgIpc) is 2.85. The summed E-state index contributed by atoms with van der Waals surface area (Å²) in [6.45, 7) is 1.60. The first-order valence-electron chi connectivity index (χ1n) is 10.9. The van der Waals surface area contributed by atoms with Gasteiger partial charge in [0.2, 0.25) is 11.8 Å². The number of aryl methyl sites for hydroxylation is 1. The van der Waals surface area contributed by atoms with E-state index in [1.54, 1.807) is 0 Å². The zero-order valence-electron chi connectivity index (χ0n) is 19.4. The largest absolute Gasteiger partial charge is 0.481 e. The summed E-state index contributed by atoms with van der Waals surface area (Å²) in [5.41, 5.74) is 0.238. The summed E-state index contributed by atoms with van der Waals surface area (Å²) < 4.78 is 22.1. The van der Waals surface area contributed by atoms with Gasteiger partial charge >= 0.3 is 17.3 Å². The van der Waals surface area contributed by atoms with Crippen LogP contribution in [0.3, 0.4) is 0 Å². The molecule has 0 saturated carbocycles. The van der Waals surface area contributed by atoms with E-state index in [4.69, 9.17) is 21.4 Å². The molecule has 4 rings (SSSR count). The third-order valence-corrected chi connectivity index (χ3v) is 5.37. The van der Waals surface area contributed by atoms with Crippen molar-refractivity contribution in [1.29, 1.82) is 0 Å². The number of nitrogens with zero attached hydrogens (tertiary/aromatic N) is 5. The minimum atomic E-state index is -1.17.